The van der Waals surface area contributed by atoms with Gasteiger partial charge in [0.1, 0.15) is 17.3 Å². The molecule has 0 unspecified atom stereocenters. The second-order valence-corrected chi connectivity index (χ2v) is 7.75. The van der Waals surface area contributed by atoms with Crippen molar-refractivity contribution in [2.24, 2.45) is 0 Å². The van der Waals surface area contributed by atoms with Crippen LogP contribution >= 0.6 is 11.6 Å². The highest BCUT2D eigenvalue weighted by Crippen LogP contribution is 2.34. The molecule has 0 atom stereocenters. The minimum absolute atomic E-state index is 0.168. The van der Waals surface area contributed by atoms with Gasteiger partial charge in [0.25, 0.3) is 5.56 Å². The van der Waals surface area contributed by atoms with Crippen LogP contribution in [0.15, 0.2) is 53.6 Å². The monoisotopic (exact) mass is 423 g/mol. The van der Waals surface area contributed by atoms with Gasteiger partial charge in [-0.15, -0.1) is 0 Å². The van der Waals surface area contributed by atoms with Gasteiger partial charge in [0.15, 0.2) is 0 Å². The third kappa shape index (κ3) is 3.31. The number of hydrogen-bond acceptors (Lipinski definition) is 4. The third-order valence-corrected chi connectivity index (χ3v) is 5.63. The number of hydrogen-bond donors (Lipinski definition) is 3. The SMILES string of the molecule is O=c1[nH]c(N2CCCC2)c(Nc2ccnc3[nH]ccc23)cc1-c1cc(Cl)ccc1F. The Bertz CT molecular complexity index is 1290. The lowest BCUT2D eigenvalue weighted by atomic mass is 10.1. The molecular formula is C22H19ClFN5O. The molecule has 0 aliphatic carbocycles. The average Bonchev–Trinajstić information content (AvgIpc) is 3.43. The average molecular weight is 424 g/mol. The number of pyridine rings is 2. The van der Waals surface area contributed by atoms with Crippen molar-refractivity contribution in [3.8, 4) is 11.1 Å². The molecule has 3 aromatic heterocycles. The van der Waals surface area contributed by atoms with Crippen LogP contribution in [0.2, 0.25) is 5.02 Å². The van der Waals surface area contributed by atoms with E-state index in [1.807, 2.05) is 18.3 Å². The number of benzene rings is 1. The first-order valence-electron chi connectivity index (χ1n) is 9.77. The summed E-state index contributed by atoms with van der Waals surface area (Å²) in [5.41, 5.74) is 2.32. The molecule has 5 rings (SSSR count). The second-order valence-electron chi connectivity index (χ2n) is 7.32. The largest absolute Gasteiger partial charge is 0.356 e. The molecule has 0 saturated carbocycles. The highest BCUT2D eigenvalue weighted by Gasteiger charge is 2.21. The van der Waals surface area contributed by atoms with Gasteiger partial charge in [-0.05, 0) is 49.2 Å². The van der Waals surface area contributed by atoms with Gasteiger partial charge >= 0.3 is 0 Å². The van der Waals surface area contributed by atoms with Crippen molar-refractivity contribution in [1.82, 2.24) is 15.0 Å². The maximum absolute atomic E-state index is 14.5. The highest BCUT2D eigenvalue weighted by atomic mass is 35.5. The van der Waals surface area contributed by atoms with Crippen LogP contribution in [0.5, 0.6) is 0 Å². The topological polar surface area (TPSA) is 76.8 Å². The zero-order valence-electron chi connectivity index (χ0n) is 16.0. The summed E-state index contributed by atoms with van der Waals surface area (Å²) in [6, 6.07) is 9.70. The Balaban J connectivity index is 1.67. The molecule has 8 heteroatoms. The lowest BCUT2D eigenvalue weighted by Gasteiger charge is -2.22. The van der Waals surface area contributed by atoms with Crippen LogP contribution in [0, 0.1) is 5.82 Å². The Kier molecular flexibility index (Phi) is 4.67. The summed E-state index contributed by atoms with van der Waals surface area (Å²) in [5, 5.41) is 4.71. The summed E-state index contributed by atoms with van der Waals surface area (Å²) in [5.74, 6) is 0.200. The highest BCUT2D eigenvalue weighted by molar-refractivity contribution is 6.30. The van der Waals surface area contributed by atoms with Crippen molar-refractivity contribution in [2.45, 2.75) is 12.8 Å². The molecule has 1 fully saturated rings. The summed E-state index contributed by atoms with van der Waals surface area (Å²) in [6.07, 6.45) is 5.65. The van der Waals surface area contributed by atoms with Crippen molar-refractivity contribution in [3.05, 3.63) is 70.0 Å². The van der Waals surface area contributed by atoms with E-state index in [9.17, 15) is 9.18 Å². The number of aromatic nitrogens is 3. The molecule has 0 amide bonds. The zero-order valence-corrected chi connectivity index (χ0v) is 16.8. The fourth-order valence-electron chi connectivity index (χ4n) is 3.92. The maximum atomic E-state index is 14.5. The molecule has 0 bridgehead atoms. The number of rotatable bonds is 4. The number of H-pyrrole nitrogens is 2. The molecular weight excluding hydrogens is 405 g/mol. The van der Waals surface area contributed by atoms with Crippen LogP contribution in [-0.4, -0.2) is 28.0 Å². The molecule has 0 radical (unpaired) electrons. The van der Waals surface area contributed by atoms with Crippen molar-refractivity contribution in [2.75, 3.05) is 23.3 Å². The van der Waals surface area contributed by atoms with E-state index in [0.717, 1.165) is 42.7 Å². The summed E-state index contributed by atoms with van der Waals surface area (Å²) >= 11 is 6.06. The van der Waals surface area contributed by atoms with Crippen molar-refractivity contribution < 1.29 is 4.39 Å². The number of anilines is 3. The van der Waals surface area contributed by atoms with Gasteiger partial charge in [-0.25, -0.2) is 9.37 Å². The minimum atomic E-state index is -0.498. The van der Waals surface area contributed by atoms with E-state index in [-0.39, 0.29) is 16.7 Å². The molecule has 1 aliphatic heterocycles. The Morgan fingerprint density at radius 1 is 1.07 bits per heavy atom. The molecule has 1 aliphatic rings. The van der Waals surface area contributed by atoms with E-state index >= 15 is 0 Å². The fraction of sp³-hybridized carbons (Fsp3) is 0.182. The summed E-state index contributed by atoms with van der Waals surface area (Å²) < 4.78 is 14.5. The van der Waals surface area contributed by atoms with E-state index < -0.39 is 5.82 Å². The number of fused-ring (bicyclic) bond motifs is 1. The van der Waals surface area contributed by atoms with Gasteiger partial charge in [0, 0.05) is 41.5 Å². The molecule has 1 aromatic carbocycles. The van der Waals surface area contributed by atoms with Crippen LogP contribution < -0.4 is 15.8 Å². The number of nitrogens with one attached hydrogen (secondary N) is 3. The maximum Gasteiger partial charge on any atom is 0.257 e. The number of aromatic amines is 2. The number of nitrogens with zero attached hydrogens (tertiary/aromatic N) is 2. The van der Waals surface area contributed by atoms with Gasteiger partial charge in [0.05, 0.1) is 16.9 Å². The van der Waals surface area contributed by atoms with Crippen LogP contribution in [0.3, 0.4) is 0 Å². The fourth-order valence-corrected chi connectivity index (χ4v) is 4.10. The van der Waals surface area contributed by atoms with Crippen LogP contribution in [0.25, 0.3) is 22.2 Å². The summed E-state index contributed by atoms with van der Waals surface area (Å²) in [7, 11) is 0. The Morgan fingerprint density at radius 2 is 1.90 bits per heavy atom. The third-order valence-electron chi connectivity index (χ3n) is 5.39. The molecule has 4 heterocycles. The normalized spacial score (nSPS) is 13.9. The quantitative estimate of drug-likeness (QED) is 0.429. The molecule has 152 valence electrons. The summed E-state index contributed by atoms with van der Waals surface area (Å²) in [4.78, 5) is 25.4. The van der Waals surface area contributed by atoms with Gasteiger partial charge in [-0.1, -0.05) is 11.6 Å². The smallest absolute Gasteiger partial charge is 0.257 e. The first-order valence-corrected chi connectivity index (χ1v) is 10.1. The Hall–Kier alpha value is -3.32. The first kappa shape index (κ1) is 18.7. The minimum Gasteiger partial charge on any atom is -0.356 e. The van der Waals surface area contributed by atoms with E-state index in [4.69, 9.17) is 11.6 Å². The van der Waals surface area contributed by atoms with Gasteiger partial charge in [-0.2, -0.15) is 0 Å². The van der Waals surface area contributed by atoms with E-state index in [2.05, 4.69) is 25.2 Å². The van der Waals surface area contributed by atoms with E-state index in [0.29, 0.717) is 16.5 Å². The zero-order chi connectivity index (χ0) is 20.7. The molecule has 30 heavy (non-hydrogen) atoms. The van der Waals surface area contributed by atoms with Crippen molar-refractivity contribution >= 4 is 39.8 Å². The molecule has 3 N–H and O–H groups in total. The van der Waals surface area contributed by atoms with Crippen LogP contribution in [0.4, 0.5) is 21.6 Å². The summed E-state index contributed by atoms with van der Waals surface area (Å²) in [6.45, 7) is 1.71. The van der Waals surface area contributed by atoms with Crippen molar-refractivity contribution in [1.29, 1.82) is 0 Å². The van der Waals surface area contributed by atoms with Crippen LogP contribution in [0.1, 0.15) is 12.8 Å². The first-order chi connectivity index (χ1) is 14.6. The number of halogens is 2. The molecule has 6 nitrogen and oxygen atoms in total. The lowest BCUT2D eigenvalue weighted by Crippen LogP contribution is -2.24. The van der Waals surface area contributed by atoms with Gasteiger partial charge < -0.3 is 20.2 Å². The van der Waals surface area contributed by atoms with Gasteiger partial charge in [-0.3, -0.25) is 4.79 Å². The predicted octanol–water partition coefficient (Wildman–Crippen LogP) is 5.05. The van der Waals surface area contributed by atoms with Gasteiger partial charge in [0.2, 0.25) is 0 Å². The lowest BCUT2D eigenvalue weighted by molar-refractivity contribution is 0.631. The van der Waals surface area contributed by atoms with E-state index in [1.165, 1.54) is 18.2 Å². The Labute approximate surface area is 176 Å². The van der Waals surface area contributed by atoms with E-state index in [1.54, 1.807) is 12.3 Å². The standard InChI is InChI=1S/C22H19ClFN5O/c23-13-3-4-17(24)15(11-13)16-12-19(21(28-22(16)30)29-9-1-2-10-29)27-18-6-8-26-20-14(18)5-7-25-20/h3-8,11-12H,1-2,9-10H2,(H,28,30)(H2,25,26,27). The molecule has 0 spiro atoms. The molecule has 1 saturated heterocycles. The second kappa shape index (κ2) is 7.50. The van der Waals surface area contributed by atoms with Crippen molar-refractivity contribution in [3.63, 3.8) is 0 Å². The Morgan fingerprint density at radius 3 is 2.73 bits per heavy atom. The predicted molar refractivity (Wildman–Crippen MR) is 118 cm³/mol. The van der Waals surface area contributed by atoms with Crippen LogP contribution in [-0.2, 0) is 0 Å². The molecule has 4 aromatic rings.